The first-order chi connectivity index (χ1) is 12.4. The number of nitro groups is 1. The highest BCUT2D eigenvalue weighted by Gasteiger charge is 2.16. The third-order valence-corrected chi connectivity index (χ3v) is 3.95. The van der Waals surface area contributed by atoms with Crippen LogP contribution in [0.2, 0.25) is 5.02 Å². The van der Waals surface area contributed by atoms with Crippen molar-refractivity contribution in [2.45, 2.75) is 19.3 Å². The predicted octanol–water partition coefficient (Wildman–Crippen LogP) is 3.92. The lowest BCUT2D eigenvalue weighted by atomic mass is 9.98. The van der Waals surface area contributed by atoms with Gasteiger partial charge < -0.3 is 10.1 Å². The van der Waals surface area contributed by atoms with E-state index in [1.54, 1.807) is 0 Å². The topological polar surface area (TPSA) is 98.5 Å². The molecule has 0 saturated heterocycles. The Morgan fingerprint density at radius 1 is 1.23 bits per heavy atom. The number of nitrogens with zero attached hydrogens (tertiary/aromatic N) is 1. The molecule has 7 nitrogen and oxygen atoms in total. The Kier molecular flexibility index (Phi) is 6.68. The largest absolute Gasteiger partial charge is 0.456 e. The first-order valence-electron chi connectivity index (χ1n) is 7.81. The number of halogens is 1. The molecule has 1 amide bonds. The van der Waals surface area contributed by atoms with E-state index >= 15 is 0 Å². The van der Waals surface area contributed by atoms with Gasteiger partial charge in [-0.1, -0.05) is 48.9 Å². The van der Waals surface area contributed by atoms with Gasteiger partial charge in [0.2, 0.25) is 0 Å². The molecule has 0 heterocycles. The van der Waals surface area contributed by atoms with Crippen LogP contribution in [0, 0.1) is 10.1 Å². The Bertz CT molecular complexity index is 810. The highest BCUT2D eigenvalue weighted by molar-refractivity contribution is 6.32. The van der Waals surface area contributed by atoms with E-state index in [9.17, 15) is 19.7 Å². The maximum atomic E-state index is 11.9. The van der Waals surface area contributed by atoms with Crippen molar-refractivity contribution in [3.63, 3.8) is 0 Å². The molecule has 2 aromatic rings. The Labute approximate surface area is 155 Å². The lowest BCUT2D eigenvalue weighted by Crippen LogP contribution is -2.21. The first kappa shape index (κ1) is 19.4. The monoisotopic (exact) mass is 376 g/mol. The van der Waals surface area contributed by atoms with Gasteiger partial charge in [0.15, 0.2) is 6.61 Å². The standard InChI is InChI=1S/C18H17ClN2O5/c1-12(13-5-3-2-4-6-13)9-18(23)26-11-17(22)20-14-7-8-15(19)16(10-14)21(24)25/h2-8,10,12H,9,11H2,1H3,(H,20,22). The summed E-state index contributed by atoms with van der Waals surface area (Å²) < 4.78 is 4.96. The lowest BCUT2D eigenvalue weighted by molar-refractivity contribution is -0.384. The van der Waals surface area contributed by atoms with E-state index in [0.717, 1.165) is 11.6 Å². The number of carbonyl (C=O) groups excluding carboxylic acids is 2. The van der Waals surface area contributed by atoms with Gasteiger partial charge in [-0.25, -0.2) is 0 Å². The van der Waals surface area contributed by atoms with Crippen LogP contribution in [0.1, 0.15) is 24.8 Å². The Morgan fingerprint density at radius 3 is 2.58 bits per heavy atom. The molecule has 0 saturated carbocycles. The molecular formula is C18H17ClN2O5. The molecule has 26 heavy (non-hydrogen) atoms. The van der Waals surface area contributed by atoms with Crippen molar-refractivity contribution in [1.82, 2.24) is 0 Å². The summed E-state index contributed by atoms with van der Waals surface area (Å²) in [6, 6.07) is 13.4. The van der Waals surface area contributed by atoms with E-state index in [1.165, 1.54) is 12.1 Å². The number of hydrogen-bond donors (Lipinski definition) is 1. The minimum absolute atomic E-state index is 0.0330. The predicted molar refractivity (Wildman–Crippen MR) is 97.2 cm³/mol. The summed E-state index contributed by atoms with van der Waals surface area (Å²) in [4.78, 5) is 33.9. The molecule has 0 aliphatic heterocycles. The normalized spacial score (nSPS) is 11.5. The van der Waals surface area contributed by atoms with Gasteiger partial charge in [-0.05, 0) is 23.6 Å². The third-order valence-electron chi connectivity index (χ3n) is 3.63. The molecule has 0 aliphatic carbocycles. The Hall–Kier alpha value is -2.93. The smallest absolute Gasteiger partial charge is 0.306 e. The Balaban J connectivity index is 1.84. The van der Waals surface area contributed by atoms with E-state index in [4.69, 9.17) is 16.3 Å². The van der Waals surface area contributed by atoms with Gasteiger partial charge in [0.1, 0.15) is 5.02 Å². The quantitative estimate of drug-likeness (QED) is 0.448. The van der Waals surface area contributed by atoms with Gasteiger partial charge in [0, 0.05) is 11.8 Å². The van der Waals surface area contributed by atoms with E-state index in [0.29, 0.717) is 0 Å². The molecule has 2 aromatic carbocycles. The van der Waals surface area contributed by atoms with Gasteiger partial charge in [-0.2, -0.15) is 0 Å². The van der Waals surface area contributed by atoms with Crippen molar-refractivity contribution < 1.29 is 19.2 Å². The number of rotatable bonds is 7. The van der Waals surface area contributed by atoms with Crippen LogP contribution in [-0.4, -0.2) is 23.4 Å². The van der Waals surface area contributed by atoms with E-state index in [1.807, 2.05) is 37.3 Å². The second-order valence-electron chi connectivity index (χ2n) is 5.65. The highest BCUT2D eigenvalue weighted by atomic mass is 35.5. The van der Waals surface area contributed by atoms with Gasteiger partial charge in [-0.15, -0.1) is 0 Å². The van der Waals surface area contributed by atoms with Crippen LogP contribution >= 0.6 is 11.6 Å². The van der Waals surface area contributed by atoms with Gasteiger partial charge in [0.25, 0.3) is 11.6 Å². The zero-order valence-corrected chi connectivity index (χ0v) is 14.7. The van der Waals surface area contributed by atoms with Crippen LogP contribution in [0.5, 0.6) is 0 Å². The van der Waals surface area contributed by atoms with Crippen LogP contribution in [0.15, 0.2) is 48.5 Å². The fourth-order valence-electron chi connectivity index (χ4n) is 2.28. The fraction of sp³-hybridized carbons (Fsp3) is 0.222. The molecule has 0 bridgehead atoms. The number of nitro benzene ring substituents is 1. The third kappa shape index (κ3) is 5.56. The summed E-state index contributed by atoms with van der Waals surface area (Å²) in [5, 5.41) is 13.2. The summed E-state index contributed by atoms with van der Waals surface area (Å²) in [7, 11) is 0. The fourth-order valence-corrected chi connectivity index (χ4v) is 2.47. The number of nitrogens with one attached hydrogen (secondary N) is 1. The number of carbonyl (C=O) groups is 2. The van der Waals surface area contributed by atoms with Crippen molar-refractivity contribution in [2.75, 3.05) is 11.9 Å². The summed E-state index contributed by atoms with van der Waals surface area (Å²) in [5.41, 5.74) is 0.875. The van der Waals surface area contributed by atoms with E-state index in [2.05, 4.69) is 5.32 Å². The molecule has 2 rings (SSSR count). The van der Waals surface area contributed by atoms with Crippen LogP contribution in [-0.2, 0) is 14.3 Å². The number of anilines is 1. The van der Waals surface area contributed by atoms with Crippen molar-refractivity contribution in [3.05, 3.63) is 69.2 Å². The highest BCUT2D eigenvalue weighted by Crippen LogP contribution is 2.27. The average molecular weight is 377 g/mol. The zero-order chi connectivity index (χ0) is 19.1. The van der Waals surface area contributed by atoms with Gasteiger partial charge >= 0.3 is 5.97 Å². The summed E-state index contributed by atoms with van der Waals surface area (Å²) in [5.74, 6) is -1.13. The number of hydrogen-bond acceptors (Lipinski definition) is 5. The summed E-state index contributed by atoms with van der Waals surface area (Å²) in [6.45, 7) is 1.42. The summed E-state index contributed by atoms with van der Waals surface area (Å²) in [6.07, 6.45) is 0.143. The van der Waals surface area contributed by atoms with Crippen molar-refractivity contribution >= 4 is 34.9 Å². The minimum atomic E-state index is -0.650. The van der Waals surface area contributed by atoms with Crippen LogP contribution in [0.4, 0.5) is 11.4 Å². The molecule has 136 valence electrons. The molecule has 1 unspecified atom stereocenters. The maximum Gasteiger partial charge on any atom is 0.306 e. The van der Waals surface area contributed by atoms with Crippen LogP contribution in [0.25, 0.3) is 0 Å². The molecule has 8 heteroatoms. The van der Waals surface area contributed by atoms with Crippen LogP contribution in [0.3, 0.4) is 0 Å². The number of esters is 1. The second kappa shape index (κ2) is 8.96. The maximum absolute atomic E-state index is 11.9. The van der Waals surface area contributed by atoms with Crippen molar-refractivity contribution in [1.29, 1.82) is 0 Å². The van der Waals surface area contributed by atoms with Gasteiger partial charge in [0.05, 0.1) is 11.3 Å². The molecule has 0 radical (unpaired) electrons. The minimum Gasteiger partial charge on any atom is -0.456 e. The first-order valence-corrected chi connectivity index (χ1v) is 8.19. The van der Waals surface area contributed by atoms with Crippen molar-refractivity contribution in [3.8, 4) is 0 Å². The Morgan fingerprint density at radius 2 is 1.92 bits per heavy atom. The molecule has 0 spiro atoms. The second-order valence-corrected chi connectivity index (χ2v) is 6.06. The number of benzene rings is 2. The molecule has 0 aliphatic rings. The SMILES string of the molecule is CC(CC(=O)OCC(=O)Nc1ccc(Cl)c([N+](=O)[O-])c1)c1ccccc1. The van der Waals surface area contributed by atoms with E-state index < -0.39 is 23.4 Å². The molecular weight excluding hydrogens is 360 g/mol. The number of amides is 1. The van der Waals surface area contributed by atoms with Crippen molar-refractivity contribution in [2.24, 2.45) is 0 Å². The molecule has 1 atom stereocenters. The molecule has 1 N–H and O–H groups in total. The summed E-state index contributed by atoms with van der Waals surface area (Å²) >= 11 is 5.71. The number of ether oxygens (including phenoxy) is 1. The van der Waals surface area contributed by atoms with Crippen LogP contribution < -0.4 is 5.32 Å². The zero-order valence-electron chi connectivity index (χ0n) is 14.0. The lowest BCUT2D eigenvalue weighted by Gasteiger charge is -2.11. The average Bonchev–Trinajstić information content (AvgIpc) is 2.62. The van der Waals surface area contributed by atoms with E-state index in [-0.39, 0.29) is 28.7 Å². The molecule has 0 aromatic heterocycles. The molecule has 0 fully saturated rings. The van der Waals surface area contributed by atoms with Gasteiger partial charge in [-0.3, -0.25) is 19.7 Å².